The van der Waals surface area contributed by atoms with Gasteiger partial charge in [-0.25, -0.2) is 0 Å². The lowest BCUT2D eigenvalue weighted by atomic mass is 9.87. The Balaban J connectivity index is 2.54. The van der Waals surface area contributed by atoms with Crippen molar-refractivity contribution in [3.8, 4) is 11.5 Å². The van der Waals surface area contributed by atoms with E-state index in [2.05, 4.69) is 20.4 Å². The molecule has 2 aromatic rings. The van der Waals surface area contributed by atoms with Crippen molar-refractivity contribution < 1.29 is 20.4 Å². The van der Waals surface area contributed by atoms with E-state index < -0.39 is 5.92 Å². The van der Waals surface area contributed by atoms with Crippen LogP contribution in [0.4, 0.5) is 0 Å². The first-order chi connectivity index (χ1) is 12.9. The predicted octanol–water partition coefficient (Wildman–Crippen LogP) is 5.81. The Morgan fingerprint density at radius 1 is 1.00 bits per heavy atom. The summed E-state index contributed by atoms with van der Waals surface area (Å²) in [7, 11) is 0. The van der Waals surface area contributed by atoms with Crippen LogP contribution in [0.2, 0.25) is 0 Å². The molecule has 2 rings (SSSR count). The zero-order valence-corrected chi connectivity index (χ0v) is 15.6. The number of phenolic OH excluding ortho intramolecular Hbond substituents is 2. The minimum absolute atomic E-state index is 0.0549. The zero-order valence-electron chi connectivity index (χ0n) is 15.6. The molecule has 4 N–H and O–H groups in total. The molecule has 0 bridgehead atoms. The van der Waals surface area contributed by atoms with Gasteiger partial charge in [0.05, 0.1) is 5.92 Å². The third-order valence-corrected chi connectivity index (χ3v) is 4.71. The molecule has 2 atom stereocenters. The highest BCUT2D eigenvalue weighted by Crippen LogP contribution is 2.38. The van der Waals surface area contributed by atoms with Crippen molar-refractivity contribution in [3.63, 3.8) is 0 Å². The Morgan fingerprint density at radius 2 is 1.63 bits per heavy atom. The third-order valence-electron chi connectivity index (χ3n) is 4.71. The summed E-state index contributed by atoms with van der Waals surface area (Å²) in [5.41, 5.74) is 2.43. The molecule has 0 radical (unpaired) electrons. The van der Waals surface area contributed by atoms with Crippen LogP contribution in [0.15, 0.2) is 78.8 Å². The Hall–Kier alpha value is -3.14. The van der Waals surface area contributed by atoms with E-state index in [0.29, 0.717) is 11.5 Å². The number of hydrogen-bond acceptors (Lipinski definition) is 4. The Bertz CT molecular complexity index is 847. The van der Waals surface area contributed by atoms with E-state index in [0.717, 1.165) is 12.0 Å². The van der Waals surface area contributed by atoms with Crippen molar-refractivity contribution in [2.75, 3.05) is 0 Å². The lowest BCUT2D eigenvalue weighted by Gasteiger charge is -2.20. The highest BCUT2D eigenvalue weighted by Gasteiger charge is 2.22. The van der Waals surface area contributed by atoms with E-state index in [1.807, 2.05) is 24.3 Å². The van der Waals surface area contributed by atoms with Crippen LogP contribution in [0, 0.1) is 0 Å². The van der Waals surface area contributed by atoms with Crippen LogP contribution in [0.5, 0.6) is 11.5 Å². The van der Waals surface area contributed by atoms with Crippen molar-refractivity contribution >= 4 is 0 Å². The van der Waals surface area contributed by atoms with Crippen LogP contribution < -0.4 is 0 Å². The number of aromatic hydroxyl groups is 2. The molecule has 27 heavy (non-hydrogen) atoms. The normalized spacial score (nSPS) is 14.6. The van der Waals surface area contributed by atoms with Crippen LogP contribution in [-0.2, 0) is 0 Å². The van der Waals surface area contributed by atoms with Crippen LogP contribution in [-0.4, -0.2) is 20.4 Å². The second-order valence-corrected chi connectivity index (χ2v) is 6.54. The smallest absolute Gasteiger partial charge is 0.123 e. The predicted molar refractivity (Wildman–Crippen MR) is 108 cm³/mol. The first-order valence-corrected chi connectivity index (χ1v) is 8.91. The quantitative estimate of drug-likeness (QED) is 0.368. The van der Waals surface area contributed by atoms with Gasteiger partial charge in [-0.3, -0.25) is 0 Å². The highest BCUT2D eigenvalue weighted by molar-refractivity contribution is 5.49. The minimum Gasteiger partial charge on any atom is -0.511 e. The molecular formula is C23H26O4. The highest BCUT2D eigenvalue weighted by atomic mass is 16.3. The molecule has 0 aliphatic rings. The van der Waals surface area contributed by atoms with Crippen LogP contribution >= 0.6 is 0 Å². The Morgan fingerprint density at radius 3 is 2.19 bits per heavy atom. The maximum Gasteiger partial charge on any atom is 0.123 e. The van der Waals surface area contributed by atoms with Gasteiger partial charge in [0.15, 0.2) is 0 Å². The molecular weight excluding hydrogens is 340 g/mol. The first-order valence-electron chi connectivity index (χ1n) is 8.91. The summed E-state index contributed by atoms with van der Waals surface area (Å²) in [6.07, 6.45) is 4.99. The second kappa shape index (κ2) is 8.99. The number of aliphatic hydroxyl groups is 2. The lowest BCUT2D eigenvalue weighted by Crippen LogP contribution is -2.06. The van der Waals surface area contributed by atoms with E-state index in [4.69, 9.17) is 0 Å². The van der Waals surface area contributed by atoms with Crippen LogP contribution in [0.25, 0.3) is 0 Å². The molecule has 2 aromatic carbocycles. The number of hydrogen-bond donors (Lipinski definition) is 4. The fraction of sp³-hybridized carbons (Fsp3) is 0.217. The molecule has 0 saturated heterocycles. The van der Waals surface area contributed by atoms with E-state index in [1.165, 1.54) is 35.9 Å². The van der Waals surface area contributed by atoms with Gasteiger partial charge in [-0.2, -0.15) is 0 Å². The number of benzene rings is 2. The number of rotatable bonds is 7. The van der Waals surface area contributed by atoms with Gasteiger partial charge in [-0.15, -0.1) is 0 Å². The summed E-state index contributed by atoms with van der Waals surface area (Å²) < 4.78 is 0. The molecule has 4 heteroatoms. The van der Waals surface area contributed by atoms with Gasteiger partial charge >= 0.3 is 0 Å². The summed E-state index contributed by atoms with van der Waals surface area (Å²) in [6.45, 7) is 7.74. The van der Waals surface area contributed by atoms with Gasteiger partial charge < -0.3 is 20.4 Å². The molecule has 142 valence electrons. The maximum absolute atomic E-state index is 10.7. The van der Waals surface area contributed by atoms with Gasteiger partial charge in [0.25, 0.3) is 0 Å². The van der Waals surface area contributed by atoms with Crippen LogP contribution in [0.1, 0.15) is 48.8 Å². The van der Waals surface area contributed by atoms with Gasteiger partial charge in [0.1, 0.15) is 23.0 Å². The van der Waals surface area contributed by atoms with Crippen molar-refractivity contribution in [2.45, 2.75) is 32.1 Å². The van der Waals surface area contributed by atoms with Gasteiger partial charge in [0.2, 0.25) is 0 Å². The van der Waals surface area contributed by atoms with Crippen molar-refractivity contribution in [2.24, 2.45) is 0 Å². The van der Waals surface area contributed by atoms with E-state index in [-0.39, 0.29) is 23.0 Å². The summed E-state index contributed by atoms with van der Waals surface area (Å²) in [5, 5.41) is 40.1. The molecule has 0 aromatic heterocycles. The van der Waals surface area contributed by atoms with Crippen molar-refractivity contribution in [1.29, 1.82) is 0 Å². The minimum atomic E-state index is -0.648. The topological polar surface area (TPSA) is 80.9 Å². The summed E-state index contributed by atoms with van der Waals surface area (Å²) >= 11 is 0. The fourth-order valence-corrected chi connectivity index (χ4v) is 2.87. The van der Waals surface area contributed by atoms with Gasteiger partial charge in [-0.1, -0.05) is 50.8 Å². The fourth-order valence-electron chi connectivity index (χ4n) is 2.87. The third kappa shape index (κ3) is 4.94. The van der Waals surface area contributed by atoms with Gasteiger partial charge in [-0.05, 0) is 47.8 Å². The lowest BCUT2D eigenvalue weighted by molar-refractivity contribution is 0.374. The number of phenols is 2. The largest absolute Gasteiger partial charge is 0.511 e. The molecule has 0 fully saturated rings. The molecule has 0 aliphatic carbocycles. The second-order valence-electron chi connectivity index (χ2n) is 6.54. The Kier molecular flexibility index (Phi) is 6.72. The van der Waals surface area contributed by atoms with E-state index in [1.54, 1.807) is 6.07 Å². The molecule has 0 heterocycles. The molecule has 2 unspecified atom stereocenters. The average Bonchev–Trinajstić information content (AvgIpc) is 2.67. The average molecular weight is 366 g/mol. The monoisotopic (exact) mass is 366 g/mol. The standard InChI is InChI=1S/C23H26O4/c1-4-15(3)16-6-8-17(9-7-16)23(21(26)13-11-18(24)5-2)20-12-10-19(25)14-22(20)27/h5-15,23-27H,2,4H2,1,3H3/b18-11+,21-13-. The molecule has 0 amide bonds. The zero-order chi connectivity index (χ0) is 20.0. The SMILES string of the molecule is C=C/C(O)=C\C=C(/O)C(c1ccc(C(C)CC)cc1)c1ccc(O)cc1O. The van der Waals surface area contributed by atoms with E-state index >= 15 is 0 Å². The van der Waals surface area contributed by atoms with Gasteiger partial charge in [0, 0.05) is 11.6 Å². The summed E-state index contributed by atoms with van der Waals surface area (Å²) in [6, 6.07) is 12.1. The maximum atomic E-state index is 10.7. The van der Waals surface area contributed by atoms with E-state index in [9.17, 15) is 20.4 Å². The van der Waals surface area contributed by atoms with Crippen molar-refractivity contribution in [3.05, 3.63) is 95.5 Å². The molecule has 0 aliphatic heterocycles. The van der Waals surface area contributed by atoms with Crippen molar-refractivity contribution in [1.82, 2.24) is 0 Å². The molecule has 0 spiro atoms. The summed E-state index contributed by atoms with van der Waals surface area (Å²) in [4.78, 5) is 0. The van der Waals surface area contributed by atoms with Crippen LogP contribution in [0.3, 0.4) is 0 Å². The summed E-state index contributed by atoms with van der Waals surface area (Å²) in [5.74, 6) is -0.540. The number of allylic oxidation sites excluding steroid dienone is 4. The number of aliphatic hydroxyl groups excluding tert-OH is 2. The molecule has 4 nitrogen and oxygen atoms in total. The Labute approximate surface area is 160 Å². The first kappa shape index (κ1) is 20.2. The molecule has 0 saturated carbocycles.